The van der Waals surface area contributed by atoms with Crippen molar-refractivity contribution in [2.24, 2.45) is 5.92 Å². The average molecular weight is 433 g/mol. The number of amidine groups is 1. The third kappa shape index (κ3) is 3.79. The molecule has 0 radical (unpaired) electrons. The number of benzene rings is 1. The predicted molar refractivity (Wildman–Crippen MR) is 117 cm³/mol. The van der Waals surface area contributed by atoms with E-state index in [-0.39, 0.29) is 23.6 Å². The number of imide groups is 1. The number of hydrogen-bond donors (Lipinski definition) is 1. The summed E-state index contributed by atoms with van der Waals surface area (Å²) in [6, 6.07) is 8.86. The number of carbonyl (C=O) groups is 4. The van der Waals surface area contributed by atoms with Crippen molar-refractivity contribution in [2.45, 2.75) is 25.9 Å². The smallest absolute Gasteiger partial charge is 0.342 e. The summed E-state index contributed by atoms with van der Waals surface area (Å²) < 4.78 is 1.74. The highest BCUT2D eigenvalue weighted by Gasteiger charge is 2.51. The highest BCUT2D eigenvalue weighted by molar-refractivity contribution is 6.19. The molecule has 2 aliphatic heterocycles. The molecule has 3 aliphatic rings. The zero-order valence-corrected chi connectivity index (χ0v) is 18.2. The summed E-state index contributed by atoms with van der Waals surface area (Å²) >= 11 is 0. The maximum atomic E-state index is 13.3. The molecule has 1 fully saturated rings. The topological polar surface area (TPSA) is 89.8 Å². The summed E-state index contributed by atoms with van der Waals surface area (Å²) in [5.74, 6) is -0.957. The Balaban J connectivity index is 1.65. The van der Waals surface area contributed by atoms with E-state index < -0.39 is 11.9 Å². The number of ketones is 1. The molecule has 2 unspecified atom stereocenters. The highest BCUT2D eigenvalue weighted by atomic mass is 16.2. The Morgan fingerprint density at radius 2 is 1.84 bits per heavy atom. The van der Waals surface area contributed by atoms with Crippen molar-refractivity contribution in [1.82, 2.24) is 15.1 Å². The minimum absolute atomic E-state index is 0.0191. The molecular weight excluding hydrogens is 408 g/mol. The lowest BCUT2D eigenvalue weighted by molar-refractivity contribution is -0.490. The Labute approximate surface area is 186 Å². The van der Waals surface area contributed by atoms with Gasteiger partial charge in [0.2, 0.25) is 0 Å². The van der Waals surface area contributed by atoms with Gasteiger partial charge in [-0.3, -0.25) is 14.4 Å². The SMILES string of the molecule is CC(=O)C1=CCC(NC(=O)C2=CC3C(=O)N(C)C(=O)N(C)C3=[N+]2Cc2ccccc2)C=C1. The van der Waals surface area contributed by atoms with Crippen LogP contribution in [0.5, 0.6) is 0 Å². The minimum Gasteiger partial charge on any atom is -0.342 e. The molecule has 0 bridgehead atoms. The fourth-order valence-electron chi connectivity index (χ4n) is 4.17. The molecule has 4 amide bonds. The molecule has 1 saturated heterocycles. The molecule has 2 heterocycles. The number of carbonyl (C=O) groups excluding carboxylic acids is 4. The fourth-order valence-corrected chi connectivity index (χ4v) is 4.17. The molecule has 8 heteroatoms. The van der Waals surface area contributed by atoms with Crippen molar-refractivity contribution in [3.63, 3.8) is 0 Å². The number of nitrogens with zero attached hydrogens (tertiary/aromatic N) is 3. The van der Waals surface area contributed by atoms with Crippen LogP contribution in [-0.4, -0.2) is 64.0 Å². The van der Waals surface area contributed by atoms with Gasteiger partial charge in [-0.2, -0.15) is 4.90 Å². The van der Waals surface area contributed by atoms with Crippen LogP contribution in [0.2, 0.25) is 0 Å². The standard InChI is InChI=1S/C24H24N4O4/c1-15(29)17-9-11-18(12-10-17)25-21(30)20-13-19-22(26(2)24(32)27(3)23(19)31)28(20)14-16-7-5-4-6-8-16/h4-11,13,18-19H,12,14H2,1-3H3/p+1. The number of nitrogens with one attached hydrogen (secondary N) is 1. The Morgan fingerprint density at radius 3 is 2.47 bits per heavy atom. The van der Waals surface area contributed by atoms with Gasteiger partial charge in [0.15, 0.2) is 17.4 Å². The van der Waals surface area contributed by atoms with Crippen LogP contribution in [0.15, 0.2) is 65.9 Å². The number of hydrogen-bond acceptors (Lipinski definition) is 4. The van der Waals surface area contributed by atoms with Gasteiger partial charge >= 0.3 is 6.03 Å². The second-order valence-corrected chi connectivity index (χ2v) is 8.09. The van der Waals surface area contributed by atoms with Crippen molar-refractivity contribution in [2.75, 3.05) is 14.1 Å². The van der Waals surface area contributed by atoms with E-state index in [1.165, 1.54) is 18.9 Å². The maximum Gasteiger partial charge on any atom is 0.417 e. The van der Waals surface area contributed by atoms with Gasteiger partial charge in [0.25, 0.3) is 17.6 Å². The minimum atomic E-state index is -0.710. The third-order valence-corrected chi connectivity index (χ3v) is 5.92. The molecule has 8 nitrogen and oxygen atoms in total. The van der Waals surface area contributed by atoms with Gasteiger partial charge in [-0.05, 0) is 25.0 Å². The van der Waals surface area contributed by atoms with E-state index in [1.807, 2.05) is 30.3 Å². The number of amides is 4. The van der Waals surface area contributed by atoms with Gasteiger partial charge in [-0.1, -0.05) is 48.6 Å². The van der Waals surface area contributed by atoms with E-state index in [1.54, 1.807) is 35.9 Å². The summed E-state index contributed by atoms with van der Waals surface area (Å²) in [7, 11) is 3.05. The zero-order chi connectivity index (χ0) is 23.0. The van der Waals surface area contributed by atoms with E-state index in [0.29, 0.717) is 30.1 Å². The first-order chi connectivity index (χ1) is 15.3. The summed E-state index contributed by atoms with van der Waals surface area (Å²) in [5.41, 5.74) is 1.89. The fraction of sp³-hybridized carbons (Fsp3) is 0.292. The second-order valence-electron chi connectivity index (χ2n) is 8.09. The Bertz CT molecular complexity index is 1130. The molecule has 32 heavy (non-hydrogen) atoms. The molecule has 0 saturated carbocycles. The van der Waals surface area contributed by atoms with Crippen molar-refractivity contribution in [3.05, 3.63) is 71.5 Å². The van der Waals surface area contributed by atoms with Crippen molar-refractivity contribution in [3.8, 4) is 0 Å². The third-order valence-electron chi connectivity index (χ3n) is 5.92. The quantitative estimate of drug-likeness (QED) is 0.715. The monoisotopic (exact) mass is 433 g/mol. The number of fused-ring (bicyclic) bond motifs is 1. The molecule has 164 valence electrons. The van der Waals surface area contributed by atoms with E-state index in [0.717, 1.165) is 10.5 Å². The molecule has 1 aromatic carbocycles. The molecular formula is C24H25N4O4+. The lowest BCUT2D eigenvalue weighted by Crippen LogP contribution is -2.57. The van der Waals surface area contributed by atoms with Gasteiger partial charge < -0.3 is 5.32 Å². The lowest BCUT2D eigenvalue weighted by atomic mass is 10.0. The van der Waals surface area contributed by atoms with Gasteiger partial charge in [-0.15, -0.1) is 0 Å². The van der Waals surface area contributed by atoms with Crippen LogP contribution in [0.25, 0.3) is 0 Å². The highest BCUT2D eigenvalue weighted by Crippen LogP contribution is 2.27. The molecule has 2 atom stereocenters. The lowest BCUT2D eigenvalue weighted by Gasteiger charge is -2.27. The van der Waals surface area contributed by atoms with Crippen molar-refractivity contribution >= 4 is 29.5 Å². The first-order valence-corrected chi connectivity index (χ1v) is 10.4. The zero-order valence-electron chi connectivity index (χ0n) is 18.2. The molecule has 1 N–H and O–H groups in total. The van der Waals surface area contributed by atoms with Crippen LogP contribution in [0.4, 0.5) is 4.79 Å². The summed E-state index contributed by atoms with van der Waals surface area (Å²) in [6.45, 7) is 1.85. The first-order valence-electron chi connectivity index (χ1n) is 10.4. The second kappa shape index (κ2) is 8.37. The van der Waals surface area contributed by atoms with Crippen LogP contribution in [0.1, 0.15) is 18.9 Å². The van der Waals surface area contributed by atoms with Gasteiger partial charge in [0, 0.05) is 12.6 Å². The molecule has 4 rings (SSSR count). The van der Waals surface area contributed by atoms with Gasteiger partial charge in [-0.25, -0.2) is 14.3 Å². The summed E-state index contributed by atoms with van der Waals surface area (Å²) in [4.78, 5) is 52.7. The number of urea groups is 1. The number of Topliss-reactive ketones (excluding diaryl/α,β-unsaturated/α-hetero) is 1. The summed E-state index contributed by atoms with van der Waals surface area (Å²) in [6.07, 6.45) is 7.43. The average Bonchev–Trinajstić information content (AvgIpc) is 3.16. The van der Waals surface area contributed by atoms with Gasteiger partial charge in [0.1, 0.15) is 6.54 Å². The van der Waals surface area contributed by atoms with Crippen LogP contribution in [0.3, 0.4) is 0 Å². The van der Waals surface area contributed by atoms with Crippen molar-refractivity contribution < 1.29 is 23.8 Å². The van der Waals surface area contributed by atoms with Crippen LogP contribution >= 0.6 is 0 Å². The van der Waals surface area contributed by atoms with Crippen LogP contribution in [-0.2, 0) is 20.9 Å². The number of allylic oxidation sites excluding steroid dienone is 2. The van der Waals surface area contributed by atoms with E-state index in [4.69, 9.17) is 0 Å². The van der Waals surface area contributed by atoms with Gasteiger partial charge in [0.05, 0.1) is 13.1 Å². The molecule has 1 aromatic rings. The predicted octanol–water partition coefficient (Wildman–Crippen LogP) is 1.60. The Hall–Kier alpha value is -3.81. The maximum absolute atomic E-state index is 13.3. The van der Waals surface area contributed by atoms with Crippen molar-refractivity contribution in [1.29, 1.82) is 0 Å². The largest absolute Gasteiger partial charge is 0.417 e. The summed E-state index contributed by atoms with van der Waals surface area (Å²) in [5, 5.41) is 2.96. The van der Waals surface area contributed by atoms with E-state index in [9.17, 15) is 19.2 Å². The molecule has 0 aromatic heterocycles. The molecule has 1 aliphatic carbocycles. The van der Waals surface area contributed by atoms with Crippen LogP contribution in [0, 0.1) is 5.92 Å². The Morgan fingerprint density at radius 1 is 1.12 bits per heavy atom. The first kappa shape index (κ1) is 21.4. The van der Waals surface area contributed by atoms with E-state index in [2.05, 4.69) is 5.32 Å². The molecule has 0 spiro atoms. The number of rotatable bonds is 5. The van der Waals surface area contributed by atoms with E-state index >= 15 is 0 Å². The normalized spacial score (nSPS) is 22.6. The Kier molecular flexibility index (Phi) is 5.61. The van der Waals surface area contributed by atoms with Crippen LogP contribution < -0.4 is 5.32 Å².